The maximum absolute atomic E-state index is 14.8. The van der Waals surface area contributed by atoms with Crippen LogP contribution >= 0.6 is 0 Å². The fourth-order valence-corrected chi connectivity index (χ4v) is 13.9. The van der Waals surface area contributed by atoms with Crippen LogP contribution in [0.2, 0.25) is 0 Å². The maximum Gasteiger partial charge on any atom is 0.160 e. The summed E-state index contributed by atoms with van der Waals surface area (Å²) < 4.78 is 24.5. The molecule has 5 heterocycles. The van der Waals surface area contributed by atoms with Crippen molar-refractivity contribution in [1.82, 2.24) is 28.2 Å². The lowest BCUT2D eigenvalue weighted by Gasteiger charge is -2.18. The third kappa shape index (κ3) is 7.17. The van der Waals surface area contributed by atoms with Crippen LogP contribution in [-0.2, 0) is 0 Å². The molecule has 18 aromatic rings. The van der Waals surface area contributed by atoms with E-state index < -0.39 is 0 Å². The predicted molar refractivity (Wildman–Crippen MR) is 351 cm³/mol. The number of aromatic nitrogens is 6. The molecule has 396 valence electrons. The lowest BCUT2D eigenvalue weighted by atomic mass is 9.98. The SMILES string of the molecule is Fc1cccc(-c2cccc(-c3nc(-c4cc(-n5c6ccccc6c6ccc(-n7c8ccccc8c8ccccc87)cc65)cc(-n5c6ccccc6c6ccc(-n7c8ccccc8c8ccccc87)cc65)c4)c4c(ccc5ccccc54)n3)c2)c1. The van der Waals surface area contributed by atoms with Gasteiger partial charge in [-0.05, 0) is 125 Å². The molecule has 0 unspecified atom stereocenters. The molecule has 0 amide bonds. The Labute approximate surface area is 486 Å². The molecule has 13 aromatic carbocycles. The van der Waals surface area contributed by atoms with E-state index in [2.05, 4.69) is 267 Å². The molecule has 0 bridgehead atoms. The second-order valence-corrected chi connectivity index (χ2v) is 22.3. The highest BCUT2D eigenvalue weighted by atomic mass is 19.1. The van der Waals surface area contributed by atoms with E-state index in [0.717, 1.165) is 138 Å². The second kappa shape index (κ2) is 18.3. The molecule has 0 fully saturated rings. The van der Waals surface area contributed by atoms with Crippen molar-refractivity contribution in [2.75, 3.05) is 0 Å². The van der Waals surface area contributed by atoms with Crippen LogP contribution in [0.3, 0.4) is 0 Å². The van der Waals surface area contributed by atoms with Crippen LogP contribution in [-0.4, -0.2) is 28.2 Å². The first-order valence-electron chi connectivity index (χ1n) is 28.8. The molecule has 0 N–H and O–H groups in total. The molecule has 0 aliphatic rings. The molecular formula is C78H47FN6. The van der Waals surface area contributed by atoms with E-state index in [1.54, 1.807) is 12.1 Å². The second-order valence-electron chi connectivity index (χ2n) is 22.3. The molecule has 0 aliphatic carbocycles. The van der Waals surface area contributed by atoms with E-state index in [9.17, 15) is 4.39 Å². The van der Waals surface area contributed by atoms with E-state index in [-0.39, 0.29) is 5.82 Å². The molecule has 0 saturated heterocycles. The van der Waals surface area contributed by atoms with Gasteiger partial charge in [0.1, 0.15) is 5.82 Å². The maximum atomic E-state index is 14.8. The number of fused-ring (bicyclic) bond motifs is 15. The first-order valence-corrected chi connectivity index (χ1v) is 28.8. The summed E-state index contributed by atoms with van der Waals surface area (Å²) in [5, 5.41) is 12.6. The van der Waals surface area contributed by atoms with Crippen molar-refractivity contribution in [3.63, 3.8) is 0 Å². The molecule has 0 atom stereocenters. The summed E-state index contributed by atoms with van der Waals surface area (Å²) in [4.78, 5) is 11.1. The van der Waals surface area contributed by atoms with Gasteiger partial charge < -0.3 is 18.3 Å². The summed E-state index contributed by atoms with van der Waals surface area (Å²) in [6.07, 6.45) is 0. The van der Waals surface area contributed by atoms with E-state index in [4.69, 9.17) is 9.97 Å². The van der Waals surface area contributed by atoms with Crippen molar-refractivity contribution in [2.45, 2.75) is 0 Å². The van der Waals surface area contributed by atoms with Gasteiger partial charge in [-0.2, -0.15) is 0 Å². The topological polar surface area (TPSA) is 45.5 Å². The van der Waals surface area contributed by atoms with Gasteiger partial charge in [0.25, 0.3) is 0 Å². The third-order valence-corrected chi connectivity index (χ3v) is 17.6. The highest BCUT2D eigenvalue weighted by Gasteiger charge is 2.23. The van der Waals surface area contributed by atoms with Gasteiger partial charge in [-0.1, -0.05) is 182 Å². The van der Waals surface area contributed by atoms with Crippen molar-refractivity contribution in [1.29, 1.82) is 0 Å². The number of hydrogen-bond donors (Lipinski definition) is 0. The van der Waals surface area contributed by atoms with Crippen LogP contribution in [0, 0.1) is 5.82 Å². The third-order valence-electron chi connectivity index (χ3n) is 17.6. The summed E-state index contributed by atoms with van der Waals surface area (Å²) in [6, 6.07) is 101. The molecular weight excluding hydrogens is 1040 g/mol. The summed E-state index contributed by atoms with van der Waals surface area (Å²) >= 11 is 0. The summed E-state index contributed by atoms with van der Waals surface area (Å²) in [6.45, 7) is 0. The number of benzene rings is 13. The lowest BCUT2D eigenvalue weighted by Crippen LogP contribution is -2.03. The zero-order chi connectivity index (χ0) is 55.9. The summed E-state index contributed by atoms with van der Waals surface area (Å²) in [7, 11) is 0. The zero-order valence-electron chi connectivity index (χ0n) is 45.7. The Bertz CT molecular complexity index is 5480. The molecule has 18 rings (SSSR count). The normalized spacial score (nSPS) is 12.1. The largest absolute Gasteiger partial charge is 0.309 e. The van der Waals surface area contributed by atoms with Crippen LogP contribution in [0.25, 0.3) is 165 Å². The fraction of sp³-hybridized carbons (Fsp3) is 0. The van der Waals surface area contributed by atoms with Crippen LogP contribution in [0.1, 0.15) is 0 Å². The summed E-state index contributed by atoms with van der Waals surface area (Å²) in [5.41, 5.74) is 18.1. The fourth-order valence-electron chi connectivity index (χ4n) is 13.9. The van der Waals surface area contributed by atoms with Crippen LogP contribution in [0.15, 0.2) is 285 Å². The minimum Gasteiger partial charge on any atom is -0.309 e. The first kappa shape index (κ1) is 47.3. The molecule has 5 aromatic heterocycles. The van der Waals surface area contributed by atoms with E-state index >= 15 is 0 Å². The quantitative estimate of drug-likeness (QED) is 0.149. The molecule has 6 nitrogen and oxygen atoms in total. The van der Waals surface area contributed by atoms with Gasteiger partial charge >= 0.3 is 0 Å². The minimum absolute atomic E-state index is 0.285. The Morgan fingerprint density at radius 1 is 0.247 bits per heavy atom. The molecule has 0 aliphatic heterocycles. The average molecular weight is 1090 g/mol. The van der Waals surface area contributed by atoms with E-state index in [1.165, 1.54) is 27.6 Å². The highest BCUT2D eigenvalue weighted by molar-refractivity contribution is 6.16. The number of nitrogens with zero attached hydrogens (tertiary/aromatic N) is 6. The van der Waals surface area contributed by atoms with Gasteiger partial charge in [0.2, 0.25) is 0 Å². The Morgan fingerprint density at radius 3 is 1.13 bits per heavy atom. The van der Waals surface area contributed by atoms with Crippen LogP contribution in [0.4, 0.5) is 4.39 Å². The standard InChI is InChI=1S/C78H47FN6/c79-53-21-16-19-50(42-53)49-18-15-20-51(41-49)78-80-67-40-35-48-17-1-2-22-58(48)76(67)77(81-78)52-43-56(84-72-33-13-7-27-63(72)65-38-36-54(46-74(65)84)82-68-29-9-3-23-59(68)60-24-4-10-30-69(60)82)45-57(44-52)85-73-34-14-8-28-64(73)66-39-37-55(47-75(66)85)83-70-31-11-5-25-61(70)62-26-6-12-32-71(62)83/h1-47H. The van der Waals surface area contributed by atoms with Crippen LogP contribution in [0.5, 0.6) is 0 Å². The van der Waals surface area contributed by atoms with Crippen molar-refractivity contribution in [2.24, 2.45) is 0 Å². The Morgan fingerprint density at radius 2 is 0.647 bits per heavy atom. The molecule has 85 heavy (non-hydrogen) atoms. The lowest BCUT2D eigenvalue weighted by molar-refractivity contribution is 0.628. The Kier molecular flexibility index (Phi) is 10.2. The van der Waals surface area contributed by atoms with Gasteiger partial charge in [0.05, 0.1) is 55.3 Å². The van der Waals surface area contributed by atoms with Crippen molar-refractivity contribution >= 4 is 109 Å². The monoisotopic (exact) mass is 1090 g/mol. The highest BCUT2D eigenvalue weighted by Crippen LogP contribution is 2.43. The zero-order valence-corrected chi connectivity index (χ0v) is 45.7. The number of rotatable bonds is 7. The van der Waals surface area contributed by atoms with Gasteiger partial charge in [-0.15, -0.1) is 0 Å². The van der Waals surface area contributed by atoms with E-state index in [1.807, 2.05) is 18.2 Å². The van der Waals surface area contributed by atoms with Gasteiger partial charge in [0.15, 0.2) is 5.82 Å². The van der Waals surface area contributed by atoms with Crippen molar-refractivity contribution in [3.8, 4) is 56.5 Å². The first-order chi connectivity index (χ1) is 42.1. The minimum atomic E-state index is -0.285. The summed E-state index contributed by atoms with van der Waals surface area (Å²) in [5.74, 6) is 0.287. The Hall–Kier alpha value is -11.4. The average Bonchev–Trinajstić information content (AvgIpc) is 3.82. The van der Waals surface area contributed by atoms with Crippen molar-refractivity contribution in [3.05, 3.63) is 291 Å². The van der Waals surface area contributed by atoms with Gasteiger partial charge in [-0.3, -0.25) is 0 Å². The molecule has 0 radical (unpaired) electrons. The number of para-hydroxylation sites is 6. The van der Waals surface area contributed by atoms with Crippen LogP contribution < -0.4 is 0 Å². The van der Waals surface area contributed by atoms with Gasteiger partial charge in [-0.25, -0.2) is 14.4 Å². The predicted octanol–water partition coefficient (Wildman–Crippen LogP) is 20.3. The van der Waals surface area contributed by atoms with Gasteiger partial charge in [0, 0.05) is 82.4 Å². The molecule has 7 heteroatoms. The smallest absolute Gasteiger partial charge is 0.160 e. The van der Waals surface area contributed by atoms with Crippen molar-refractivity contribution < 1.29 is 4.39 Å². The Balaban J connectivity index is 0.957. The van der Waals surface area contributed by atoms with E-state index in [0.29, 0.717) is 5.82 Å². The number of hydrogen-bond acceptors (Lipinski definition) is 2. The number of halogens is 1. The molecule has 0 spiro atoms. The molecule has 0 saturated carbocycles.